The van der Waals surface area contributed by atoms with Crippen molar-refractivity contribution in [3.05, 3.63) is 35.4 Å². The molecule has 0 atom stereocenters. The summed E-state index contributed by atoms with van der Waals surface area (Å²) >= 11 is 0. The second-order valence-corrected chi connectivity index (χ2v) is 9.66. The highest BCUT2D eigenvalue weighted by Crippen LogP contribution is 2.24. The molecule has 0 aromatic heterocycles. The smallest absolute Gasteiger partial charge is 0.223 e. The summed E-state index contributed by atoms with van der Waals surface area (Å²) in [5.41, 5.74) is 2.98. The lowest BCUT2D eigenvalue weighted by Gasteiger charge is -2.37. The Labute approximate surface area is 188 Å². The molecule has 3 aliphatic heterocycles. The van der Waals surface area contributed by atoms with Gasteiger partial charge in [-0.05, 0) is 75.2 Å². The van der Waals surface area contributed by atoms with E-state index in [0.29, 0.717) is 17.9 Å². The SMILES string of the molecule is CCN1CCC(CC(=O)N(CCCN2CCc3ccccc3C2)C2CCOCC2)CC1. The van der Waals surface area contributed by atoms with Crippen LogP contribution in [0.4, 0.5) is 0 Å². The van der Waals surface area contributed by atoms with Crippen molar-refractivity contribution in [3.63, 3.8) is 0 Å². The lowest BCUT2D eigenvalue weighted by atomic mass is 9.92. The van der Waals surface area contributed by atoms with Gasteiger partial charge in [-0.2, -0.15) is 0 Å². The van der Waals surface area contributed by atoms with Gasteiger partial charge in [0, 0.05) is 51.9 Å². The third-order valence-corrected chi connectivity index (χ3v) is 7.65. The van der Waals surface area contributed by atoms with Gasteiger partial charge in [-0.15, -0.1) is 0 Å². The van der Waals surface area contributed by atoms with Gasteiger partial charge in [0.1, 0.15) is 0 Å². The molecule has 5 nitrogen and oxygen atoms in total. The molecule has 0 spiro atoms. The molecular weight excluding hydrogens is 386 g/mol. The number of hydrogen-bond acceptors (Lipinski definition) is 4. The third kappa shape index (κ3) is 6.30. The van der Waals surface area contributed by atoms with Crippen LogP contribution in [0.1, 0.15) is 56.6 Å². The van der Waals surface area contributed by atoms with E-state index in [1.807, 2.05) is 0 Å². The van der Waals surface area contributed by atoms with Crippen molar-refractivity contribution in [1.82, 2.24) is 14.7 Å². The minimum absolute atomic E-state index is 0.374. The molecule has 0 aliphatic carbocycles. The highest BCUT2D eigenvalue weighted by atomic mass is 16.5. The molecule has 2 saturated heterocycles. The molecule has 3 aliphatic rings. The first-order valence-electron chi connectivity index (χ1n) is 12.6. The summed E-state index contributed by atoms with van der Waals surface area (Å²) < 4.78 is 5.58. The van der Waals surface area contributed by atoms with Crippen LogP contribution in [0.15, 0.2) is 24.3 Å². The predicted octanol–water partition coefficient (Wildman–Crippen LogP) is 3.56. The van der Waals surface area contributed by atoms with Gasteiger partial charge in [-0.1, -0.05) is 31.2 Å². The van der Waals surface area contributed by atoms with Crippen molar-refractivity contribution < 1.29 is 9.53 Å². The van der Waals surface area contributed by atoms with E-state index in [4.69, 9.17) is 4.74 Å². The van der Waals surface area contributed by atoms with E-state index in [2.05, 4.69) is 45.9 Å². The van der Waals surface area contributed by atoms with Crippen LogP contribution in [-0.2, 0) is 22.5 Å². The first kappa shape index (κ1) is 22.8. The summed E-state index contributed by atoms with van der Waals surface area (Å²) in [6, 6.07) is 9.21. The van der Waals surface area contributed by atoms with Crippen LogP contribution in [-0.4, -0.2) is 79.1 Å². The Balaban J connectivity index is 1.28. The second-order valence-electron chi connectivity index (χ2n) is 9.66. The molecule has 1 amide bonds. The van der Waals surface area contributed by atoms with Gasteiger partial charge >= 0.3 is 0 Å². The molecule has 1 aromatic carbocycles. The van der Waals surface area contributed by atoms with Crippen molar-refractivity contribution in [3.8, 4) is 0 Å². The number of likely N-dealkylation sites (tertiary alicyclic amines) is 1. The van der Waals surface area contributed by atoms with E-state index < -0.39 is 0 Å². The molecule has 4 rings (SSSR count). The lowest BCUT2D eigenvalue weighted by molar-refractivity contribution is -0.137. The number of carbonyl (C=O) groups is 1. The van der Waals surface area contributed by atoms with Gasteiger partial charge in [-0.25, -0.2) is 0 Å². The van der Waals surface area contributed by atoms with Crippen LogP contribution in [0.3, 0.4) is 0 Å². The number of nitrogens with zero attached hydrogens (tertiary/aromatic N) is 3. The fourth-order valence-electron chi connectivity index (χ4n) is 5.59. The molecule has 0 bridgehead atoms. The molecule has 3 heterocycles. The molecule has 0 unspecified atom stereocenters. The molecule has 1 aromatic rings. The molecule has 5 heteroatoms. The predicted molar refractivity (Wildman–Crippen MR) is 125 cm³/mol. The standard InChI is InChI=1S/C26H41N3O2/c1-2-27-15-8-22(9-16-27)20-26(30)29(25-11-18-31-19-12-25)14-5-13-28-17-10-23-6-3-4-7-24(23)21-28/h3-4,6-7,22,25H,2,5,8-21H2,1H3. The molecule has 31 heavy (non-hydrogen) atoms. The van der Waals surface area contributed by atoms with E-state index in [9.17, 15) is 4.79 Å². The van der Waals surface area contributed by atoms with E-state index in [-0.39, 0.29) is 0 Å². The monoisotopic (exact) mass is 427 g/mol. The highest BCUT2D eigenvalue weighted by Gasteiger charge is 2.29. The molecule has 0 radical (unpaired) electrons. The lowest BCUT2D eigenvalue weighted by Crippen LogP contribution is -2.46. The van der Waals surface area contributed by atoms with Gasteiger partial charge in [-0.3, -0.25) is 9.69 Å². The summed E-state index contributed by atoms with van der Waals surface area (Å²) in [4.78, 5) is 20.7. The quantitative estimate of drug-likeness (QED) is 0.636. The molecule has 0 saturated carbocycles. The van der Waals surface area contributed by atoms with Crippen LogP contribution >= 0.6 is 0 Å². The maximum Gasteiger partial charge on any atom is 0.223 e. The Kier molecular flexibility index (Phi) is 8.40. The van der Waals surface area contributed by atoms with Crippen LogP contribution in [0, 0.1) is 5.92 Å². The number of ether oxygens (including phenoxy) is 1. The number of fused-ring (bicyclic) bond motifs is 1. The molecule has 2 fully saturated rings. The third-order valence-electron chi connectivity index (χ3n) is 7.65. The number of benzene rings is 1. The fourth-order valence-corrected chi connectivity index (χ4v) is 5.59. The number of rotatable bonds is 8. The summed E-state index contributed by atoms with van der Waals surface area (Å²) in [5.74, 6) is 0.960. The Hall–Kier alpha value is -1.43. The number of hydrogen-bond donors (Lipinski definition) is 0. The Morgan fingerprint density at radius 2 is 1.77 bits per heavy atom. The van der Waals surface area contributed by atoms with Gasteiger partial charge < -0.3 is 14.5 Å². The number of carbonyl (C=O) groups excluding carboxylic acids is 1. The van der Waals surface area contributed by atoms with Crippen molar-refractivity contribution >= 4 is 5.91 Å². The Morgan fingerprint density at radius 3 is 2.52 bits per heavy atom. The Morgan fingerprint density at radius 1 is 1.03 bits per heavy atom. The first-order valence-corrected chi connectivity index (χ1v) is 12.6. The van der Waals surface area contributed by atoms with Crippen LogP contribution in [0.25, 0.3) is 0 Å². The Bertz CT molecular complexity index is 696. The number of piperidine rings is 1. The van der Waals surface area contributed by atoms with Crippen LogP contribution in [0.5, 0.6) is 0 Å². The van der Waals surface area contributed by atoms with Crippen molar-refractivity contribution in [2.75, 3.05) is 52.5 Å². The second kappa shape index (κ2) is 11.4. The average molecular weight is 428 g/mol. The zero-order valence-electron chi connectivity index (χ0n) is 19.4. The van der Waals surface area contributed by atoms with Gasteiger partial charge in [0.2, 0.25) is 5.91 Å². The minimum Gasteiger partial charge on any atom is -0.381 e. The molecule has 0 N–H and O–H groups in total. The summed E-state index contributed by atoms with van der Waals surface area (Å²) in [6.07, 6.45) is 7.30. The van der Waals surface area contributed by atoms with Gasteiger partial charge in [0.15, 0.2) is 0 Å². The number of amides is 1. The van der Waals surface area contributed by atoms with Gasteiger partial charge in [0.25, 0.3) is 0 Å². The summed E-state index contributed by atoms with van der Waals surface area (Å²) in [5, 5.41) is 0. The zero-order valence-corrected chi connectivity index (χ0v) is 19.4. The van der Waals surface area contributed by atoms with E-state index in [1.54, 1.807) is 0 Å². The van der Waals surface area contributed by atoms with E-state index in [0.717, 1.165) is 91.1 Å². The maximum atomic E-state index is 13.4. The van der Waals surface area contributed by atoms with E-state index in [1.165, 1.54) is 24.0 Å². The zero-order chi connectivity index (χ0) is 21.5. The van der Waals surface area contributed by atoms with Crippen molar-refractivity contribution in [2.24, 2.45) is 5.92 Å². The largest absolute Gasteiger partial charge is 0.381 e. The minimum atomic E-state index is 0.374. The summed E-state index contributed by atoms with van der Waals surface area (Å²) in [7, 11) is 0. The van der Waals surface area contributed by atoms with Crippen molar-refractivity contribution in [1.29, 1.82) is 0 Å². The van der Waals surface area contributed by atoms with E-state index >= 15 is 0 Å². The summed E-state index contributed by atoms with van der Waals surface area (Å²) in [6.45, 7) is 11.4. The first-order chi connectivity index (χ1) is 15.2. The fraction of sp³-hybridized carbons (Fsp3) is 0.731. The highest BCUT2D eigenvalue weighted by molar-refractivity contribution is 5.76. The molecular formula is C26H41N3O2. The maximum absolute atomic E-state index is 13.4. The van der Waals surface area contributed by atoms with Crippen LogP contribution < -0.4 is 0 Å². The van der Waals surface area contributed by atoms with Crippen molar-refractivity contribution in [2.45, 2.75) is 64.5 Å². The normalized spacial score (nSPS) is 21.7. The molecule has 172 valence electrons. The van der Waals surface area contributed by atoms with Gasteiger partial charge in [0.05, 0.1) is 0 Å². The average Bonchev–Trinajstić information content (AvgIpc) is 2.82. The topological polar surface area (TPSA) is 36.0 Å². The van der Waals surface area contributed by atoms with Crippen LogP contribution in [0.2, 0.25) is 0 Å².